The van der Waals surface area contributed by atoms with Crippen molar-refractivity contribution < 1.29 is 4.74 Å². The number of para-hydroxylation sites is 1. The van der Waals surface area contributed by atoms with Crippen LogP contribution in [0.5, 0.6) is 5.75 Å². The monoisotopic (exact) mass is 356 g/mol. The lowest BCUT2D eigenvalue weighted by Crippen LogP contribution is -1.96. The van der Waals surface area contributed by atoms with E-state index in [0.717, 1.165) is 41.3 Å². The number of benzene rings is 2. The molecule has 6 heteroatoms. The molecule has 3 rings (SSSR count). The van der Waals surface area contributed by atoms with Gasteiger partial charge in [0, 0.05) is 29.7 Å². The van der Waals surface area contributed by atoms with Gasteiger partial charge in [-0.15, -0.1) is 0 Å². The van der Waals surface area contributed by atoms with Crippen LogP contribution < -0.4 is 10.5 Å². The van der Waals surface area contributed by atoms with Crippen LogP contribution in [0, 0.1) is 5.41 Å². The van der Waals surface area contributed by atoms with Crippen molar-refractivity contribution in [1.29, 1.82) is 5.41 Å². The van der Waals surface area contributed by atoms with Gasteiger partial charge in [-0.2, -0.15) is 0 Å². The number of methoxy groups -OCH3 is 1. The molecule has 3 N–H and O–H groups in total. The van der Waals surface area contributed by atoms with Crippen LogP contribution in [-0.4, -0.2) is 23.0 Å². The minimum absolute atomic E-state index is 0.750. The van der Waals surface area contributed by atoms with Crippen LogP contribution >= 0.6 is 11.6 Å². The standard InChI is InChI=1S/C18H17ClN2O.CH4N2/c1-22-18-5-3-2-4-15(18)10-17-12-21(13-20-17)11-14-6-8-16(19)9-7-14;2-1-3/h2-9,12-13H,10-11H2,1H3;1H,(H3,2,3). The number of ether oxygens (including phenoxy) is 1. The van der Waals surface area contributed by atoms with Crippen molar-refractivity contribution in [1.82, 2.24) is 9.55 Å². The Hall–Kier alpha value is -2.79. The zero-order chi connectivity index (χ0) is 18.1. The molecule has 0 amide bonds. The predicted molar refractivity (Wildman–Crippen MR) is 102 cm³/mol. The van der Waals surface area contributed by atoms with E-state index in [4.69, 9.17) is 21.7 Å². The molecule has 0 fully saturated rings. The van der Waals surface area contributed by atoms with Crippen molar-refractivity contribution in [3.05, 3.63) is 82.9 Å². The number of nitrogens with zero attached hydrogens (tertiary/aromatic N) is 2. The number of halogens is 1. The third-order valence-electron chi connectivity index (χ3n) is 3.53. The van der Waals surface area contributed by atoms with E-state index in [1.165, 1.54) is 5.56 Å². The van der Waals surface area contributed by atoms with Crippen LogP contribution in [-0.2, 0) is 13.0 Å². The third kappa shape index (κ3) is 5.65. The average Bonchev–Trinajstić information content (AvgIpc) is 3.05. The van der Waals surface area contributed by atoms with Gasteiger partial charge in [0.05, 0.1) is 25.5 Å². The smallest absolute Gasteiger partial charge is 0.122 e. The number of nitrogens with two attached hydrogens (primary N) is 1. The van der Waals surface area contributed by atoms with E-state index >= 15 is 0 Å². The van der Waals surface area contributed by atoms with Gasteiger partial charge in [0.1, 0.15) is 5.75 Å². The molecule has 0 saturated carbocycles. The fraction of sp³-hybridized carbons (Fsp3) is 0.158. The van der Waals surface area contributed by atoms with E-state index in [0.29, 0.717) is 0 Å². The molecule has 1 heterocycles. The lowest BCUT2D eigenvalue weighted by atomic mass is 10.1. The van der Waals surface area contributed by atoms with Gasteiger partial charge in [0.2, 0.25) is 0 Å². The Morgan fingerprint density at radius 2 is 1.88 bits per heavy atom. The van der Waals surface area contributed by atoms with Gasteiger partial charge >= 0.3 is 0 Å². The summed E-state index contributed by atoms with van der Waals surface area (Å²) in [5, 5.41) is 6.62. The molecule has 0 aliphatic heterocycles. The van der Waals surface area contributed by atoms with Gasteiger partial charge in [-0.05, 0) is 23.8 Å². The molecule has 1 aromatic heterocycles. The molecule has 0 spiro atoms. The van der Waals surface area contributed by atoms with E-state index in [1.807, 2.05) is 48.8 Å². The predicted octanol–water partition coefficient (Wildman–Crippen LogP) is 3.74. The zero-order valence-electron chi connectivity index (χ0n) is 14.0. The minimum Gasteiger partial charge on any atom is -0.496 e. The Morgan fingerprint density at radius 1 is 1.20 bits per heavy atom. The maximum Gasteiger partial charge on any atom is 0.122 e. The van der Waals surface area contributed by atoms with Gasteiger partial charge in [-0.3, -0.25) is 5.41 Å². The SMILES string of the molecule is COc1ccccc1Cc1cn(Cc2ccc(Cl)cc2)cn1.N=CN. The number of imidazole rings is 1. The molecule has 0 radical (unpaired) electrons. The second-order valence-corrected chi connectivity index (χ2v) is 5.76. The van der Waals surface area contributed by atoms with Gasteiger partial charge in [-0.1, -0.05) is 41.9 Å². The van der Waals surface area contributed by atoms with Crippen molar-refractivity contribution in [3.63, 3.8) is 0 Å². The molecular weight excluding hydrogens is 336 g/mol. The Balaban J connectivity index is 0.000000701. The Morgan fingerprint density at radius 3 is 2.56 bits per heavy atom. The van der Waals surface area contributed by atoms with E-state index in [2.05, 4.69) is 27.5 Å². The summed E-state index contributed by atoms with van der Waals surface area (Å²) in [6, 6.07) is 15.9. The van der Waals surface area contributed by atoms with E-state index < -0.39 is 0 Å². The highest BCUT2D eigenvalue weighted by Gasteiger charge is 2.06. The number of aromatic nitrogens is 2. The fourth-order valence-corrected chi connectivity index (χ4v) is 2.55. The highest BCUT2D eigenvalue weighted by molar-refractivity contribution is 6.30. The second kappa shape index (κ2) is 9.49. The summed E-state index contributed by atoms with van der Waals surface area (Å²) in [5.74, 6) is 0.898. The highest BCUT2D eigenvalue weighted by Crippen LogP contribution is 2.20. The summed E-state index contributed by atoms with van der Waals surface area (Å²) >= 11 is 5.91. The van der Waals surface area contributed by atoms with Crippen LogP contribution in [0.4, 0.5) is 0 Å². The maximum absolute atomic E-state index is 5.91. The van der Waals surface area contributed by atoms with E-state index in [1.54, 1.807) is 7.11 Å². The van der Waals surface area contributed by atoms with Gasteiger partial charge in [0.15, 0.2) is 0 Å². The largest absolute Gasteiger partial charge is 0.496 e. The molecule has 0 atom stereocenters. The van der Waals surface area contributed by atoms with Crippen molar-refractivity contribution in [3.8, 4) is 5.75 Å². The molecular formula is C19H21ClN4O. The molecule has 25 heavy (non-hydrogen) atoms. The van der Waals surface area contributed by atoms with E-state index in [-0.39, 0.29) is 0 Å². The van der Waals surface area contributed by atoms with Crippen molar-refractivity contribution in [2.45, 2.75) is 13.0 Å². The molecule has 0 bridgehead atoms. The molecule has 2 aromatic carbocycles. The molecule has 130 valence electrons. The van der Waals surface area contributed by atoms with Crippen LogP contribution in [0.1, 0.15) is 16.8 Å². The third-order valence-corrected chi connectivity index (χ3v) is 3.78. The fourth-order valence-electron chi connectivity index (χ4n) is 2.43. The first-order chi connectivity index (χ1) is 12.2. The first-order valence-electron chi connectivity index (χ1n) is 7.74. The first kappa shape index (κ1) is 18.5. The van der Waals surface area contributed by atoms with Crippen molar-refractivity contribution >= 4 is 17.9 Å². The van der Waals surface area contributed by atoms with Gasteiger partial charge in [-0.25, -0.2) is 4.98 Å². The molecule has 3 aromatic rings. The second-order valence-electron chi connectivity index (χ2n) is 5.32. The quantitative estimate of drug-likeness (QED) is 0.540. The molecule has 0 aliphatic rings. The Kier molecular flexibility index (Phi) is 7.04. The average molecular weight is 357 g/mol. The van der Waals surface area contributed by atoms with Gasteiger partial charge in [0.25, 0.3) is 0 Å². The molecule has 0 aliphatic carbocycles. The Bertz CT molecular complexity index is 799. The zero-order valence-corrected chi connectivity index (χ0v) is 14.8. The first-order valence-corrected chi connectivity index (χ1v) is 8.11. The van der Waals surface area contributed by atoms with E-state index in [9.17, 15) is 0 Å². The normalized spacial score (nSPS) is 9.84. The Labute approximate surface area is 152 Å². The summed E-state index contributed by atoms with van der Waals surface area (Å²) < 4.78 is 7.46. The maximum atomic E-state index is 5.91. The lowest BCUT2D eigenvalue weighted by molar-refractivity contribution is 0.410. The van der Waals surface area contributed by atoms with Crippen LogP contribution in [0.15, 0.2) is 61.1 Å². The van der Waals surface area contributed by atoms with Gasteiger partial charge < -0.3 is 15.0 Å². The molecule has 0 saturated heterocycles. The summed E-state index contributed by atoms with van der Waals surface area (Å²) in [7, 11) is 1.69. The minimum atomic E-state index is 0.750. The number of hydrogen-bond donors (Lipinski definition) is 2. The van der Waals surface area contributed by atoms with Crippen molar-refractivity contribution in [2.24, 2.45) is 5.73 Å². The molecule has 5 nitrogen and oxygen atoms in total. The highest BCUT2D eigenvalue weighted by atomic mass is 35.5. The van der Waals surface area contributed by atoms with Crippen molar-refractivity contribution in [2.75, 3.05) is 7.11 Å². The number of nitrogens with one attached hydrogen (secondary N) is 1. The van der Waals surface area contributed by atoms with Crippen LogP contribution in [0.3, 0.4) is 0 Å². The topological polar surface area (TPSA) is 76.9 Å². The summed E-state index contributed by atoms with van der Waals surface area (Å²) in [4.78, 5) is 4.48. The van der Waals surface area contributed by atoms with Crippen LogP contribution in [0.25, 0.3) is 0 Å². The summed E-state index contributed by atoms with van der Waals surface area (Å²) in [6.45, 7) is 0.788. The summed E-state index contributed by atoms with van der Waals surface area (Å²) in [5.41, 5.74) is 7.76. The lowest BCUT2D eigenvalue weighted by Gasteiger charge is -2.06. The number of hydrogen-bond acceptors (Lipinski definition) is 3. The van der Waals surface area contributed by atoms with Crippen LogP contribution in [0.2, 0.25) is 5.02 Å². The molecule has 0 unspecified atom stereocenters. The number of rotatable bonds is 5. The summed E-state index contributed by atoms with van der Waals surface area (Å²) in [6.07, 6.45) is 5.44.